The van der Waals surface area contributed by atoms with Gasteiger partial charge in [-0.05, 0) is 68.0 Å². The van der Waals surface area contributed by atoms with E-state index in [-0.39, 0.29) is 19.0 Å². The van der Waals surface area contributed by atoms with Gasteiger partial charge in [0.25, 0.3) is 11.8 Å². The number of nitrogens with zero attached hydrogens (tertiary/aromatic N) is 1. The molecule has 0 unspecified atom stereocenters. The predicted octanol–water partition coefficient (Wildman–Crippen LogP) is 6.75. The third-order valence-electron chi connectivity index (χ3n) is 7.43. The minimum atomic E-state index is -1.02. The van der Waals surface area contributed by atoms with Crippen molar-refractivity contribution in [2.45, 2.75) is 64.3 Å². The summed E-state index contributed by atoms with van der Waals surface area (Å²) in [6.45, 7) is 2.41. The van der Waals surface area contributed by atoms with Crippen molar-refractivity contribution in [3.63, 3.8) is 0 Å². The zero-order valence-corrected chi connectivity index (χ0v) is 24.7. The van der Waals surface area contributed by atoms with Crippen LogP contribution in [-0.2, 0) is 27.1 Å². The molecule has 0 bridgehead atoms. The molecule has 0 saturated heterocycles. The van der Waals surface area contributed by atoms with Gasteiger partial charge >= 0.3 is 11.9 Å². The van der Waals surface area contributed by atoms with Crippen molar-refractivity contribution < 1.29 is 28.7 Å². The summed E-state index contributed by atoms with van der Waals surface area (Å²) in [7, 11) is 0. The lowest BCUT2D eigenvalue weighted by atomic mass is 10.0. The molecular weight excluding hydrogens is 542 g/mol. The smallest absolute Gasteiger partial charge is 0.338 e. The first kappa shape index (κ1) is 31.4. The Hall–Kier alpha value is -4.52. The van der Waals surface area contributed by atoms with Crippen molar-refractivity contribution in [1.82, 2.24) is 4.90 Å². The molecule has 1 atom stereocenters. The molecule has 2 amide bonds. The van der Waals surface area contributed by atoms with E-state index >= 15 is 0 Å². The molecule has 0 fully saturated rings. The Bertz CT molecular complexity index is 1380. The van der Waals surface area contributed by atoms with Crippen LogP contribution in [0.4, 0.5) is 0 Å². The zero-order valence-electron chi connectivity index (χ0n) is 24.7. The minimum Gasteiger partial charge on any atom is -0.464 e. The van der Waals surface area contributed by atoms with Crippen LogP contribution in [0.5, 0.6) is 0 Å². The molecule has 1 heterocycles. The van der Waals surface area contributed by atoms with Gasteiger partial charge in [-0.25, -0.2) is 9.59 Å². The average Bonchev–Trinajstić information content (AvgIpc) is 3.28. The Morgan fingerprint density at radius 2 is 1.35 bits per heavy atom. The van der Waals surface area contributed by atoms with E-state index in [4.69, 9.17) is 9.47 Å². The molecule has 3 aromatic carbocycles. The fourth-order valence-electron chi connectivity index (χ4n) is 5.10. The van der Waals surface area contributed by atoms with Crippen molar-refractivity contribution >= 4 is 23.8 Å². The molecule has 7 heteroatoms. The van der Waals surface area contributed by atoms with E-state index in [9.17, 15) is 19.2 Å². The Kier molecular flexibility index (Phi) is 11.8. The van der Waals surface area contributed by atoms with E-state index in [0.29, 0.717) is 23.3 Å². The summed E-state index contributed by atoms with van der Waals surface area (Å²) in [6.07, 6.45) is 11.2. The number of esters is 2. The number of hydrogen-bond donors (Lipinski definition) is 0. The van der Waals surface area contributed by atoms with Crippen molar-refractivity contribution in [1.29, 1.82) is 0 Å². The van der Waals surface area contributed by atoms with Crippen LogP contribution in [0.3, 0.4) is 0 Å². The van der Waals surface area contributed by atoms with Crippen LogP contribution < -0.4 is 0 Å². The van der Waals surface area contributed by atoms with Gasteiger partial charge in [0, 0.05) is 6.42 Å². The first-order chi connectivity index (χ1) is 21.0. The summed E-state index contributed by atoms with van der Waals surface area (Å²) in [5.74, 6) is -1.77. The third-order valence-corrected chi connectivity index (χ3v) is 7.43. The van der Waals surface area contributed by atoms with Crippen molar-refractivity contribution in [3.05, 3.63) is 119 Å². The predicted molar refractivity (Wildman–Crippen MR) is 165 cm³/mol. The molecule has 43 heavy (non-hydrogen) atoms. The average molecular weight is 582 g/mol. The number of hydrogen-bond acceptors (Lipinski definition) is 6. The van der Waals surface area contributed by atoms with Gasteiger partial charge < -0.3 is 9.47 Å². The molecule has 0 spiro atoms. The number of imide groups is 1. The van der Waals surface area contributed by atoms with E-state index in [1.54, 1.807) is 43.3 Å². The topological polar surface area (TPSA) is 90.0 Å². The molecule has 0 N–H and O–H groups in total. The number of unbranched alkanes of at least 4 members (excludes halogenated alkanes) is 5. The van der Waals surface area contributed by atoms with E-state index in [1.165, 1.54) is 0 Å². The fraction of sp³-hybridized carbons (Fsp3) is 0.333. The molecule has 3 aromatic rings. The third kappa shape index (κ3) is 8.74. The maximum Gasteiger partial charge on any atom is 0.338 e. The Labute approximate surface area is 253 Å². The summed E-state index contributed by atoms with van der Waals surface area (Å²) in [4.78, 5) is 52.2. The lowest BCUT2D eigenvalue weighted by Gasteiger charge is -2.24. The number of benzene rings is 3. The van der Waals surface area contributed by atoms with E-state index in [2.05, 4.69) is 12.2 Å². The van der Waals surface area contributed by atoms with Crippen LogP contribution in [0.1, 0.15) is 87.6 Å². The summed E-state index contributed by atoms with van der Waals surface area (Å²) in [6, 6.07) is 22.5. The fourth-order valence-corrected chi connectivity index (χ4v) is 5.10. The highest BCUT2D eigenvalue weighted by molar-refractivity contribution is 6.22. The molecule has 1 aliphatic rings. The molecule has 0 saturated carbocycles. The minimum absolute atomic E-state index is 0.206. The van der Waals surface area contributed by atoms with Crippen molar-refractivity contribution in [2.24, 2.45) is 0 Å². The summed E-state index contributed by atoms with van der Waals surface area (Å²) in [5, 5.41) is 0. The maximum absolute atomic E-state index is 13.2. The highest BCUT2D eigenvalue weighted by Crippen LogP contribution is 2.26. The quantitative estimate of drug-likeness (QED) is 0.0804. The van der Waals surface area contributed by atoms with Crippen LogP contribution in [0.15, 0.2) is 91.0 Å². The van der Waals surface area contributed by atoms with Gasteiger partial charge in [0.05, 0.1) is 29.9 Å². The normalized spacial score (nSPS) is 13.3. The van der Waals surface area contributed by atoms with Gasteiger partial charge in [0.2, 0.25) is 0 Å². The van der Waals surface area contributed by atoms with E-state index in [1.807, 2.05) is 42.5 Å². The van der Waals surface area contributed by atoms with Crippen LogP contribution in [-0.4, -0.2) is 47.9 Å². The molecule has 1 aliphatic heterocycles. The number of ether oxygens (including phenoxy) is 2. The van der Waals surface area contributed by atoms with Gasteiger partial charge in [-0.1, -0.05) is 86.0 Å². The standard InChI is InChI=1S/C36H39NO6/c1-2-42-35(40)29-23-21-27(22-24-29)16-10-7-5-3-4-6-8-15-25-43-36(41)32(26-28-17-11-9-12-18-28)37-33(38)30-19-13-14-20-31(30)34(37)39/h7,9-14,17-24,32H,2-6,8,15-16,25-26H2,1H3/b10-7+/t32-/m0/s1. The van der Waals surface area contributed by atoms with E-state index in [0.717, 1.165) is 61.0 Å². The van der Waals surface area contributed by atoms with Crippen LogP contribution in [0.2, 0.25) is 0 Å². The van der Waals surface area contributed by atoms with Crippen molar-refractivity contribution in [2.75, 3.05) is 13.2 Å². The van der Waals surface area contributed by atoms with Gasteiger partial charge in [-0.3, -0.25) is 14.5 Å². The summed E-state index contributed by atoms with van der Waals surface area (Å²) >= 11 is 0. The van der Waals surface area contributed by atoms with Crippen LogP contribution in [0, 0.1) is 0 Å². The number of allylic oxidation sites excluding steroid dienone is 2. The van der Waals surface area contributed by atoms with Gasteiger partial charge in [0.1, 0.15) is 6.04 Å². The summed E-state index contributed by atoms with van der Waals surface area (Å²) in [5.41, 5.74) is 3.20. The maximum atomic E-state index is 13.2. The molecule has 0 aromatic heterocycles. The first-order valence-corrected chi connectivity index (χ1v) is 15.1. The lowest BCUT2D eigenvalue weighted by Crippen LogP contribution is -2.47. The van der Waals surface area contributed by atoms with E-state index < -0.39 is 23.8 Å². The highest BCUT2D eigenvalue weighted by Gasteiger charge is 2.43. The number of rotatable bonds is 16. The largest absolute Gasteiger partial charge is 0.464 e. The second-order valence-electron chi connectivity index (χ2n) is 10.5. The van der Waals surface area contributed by atoms with Crippen LogP contribution in [0.25, 0.3) is 0 Å². The van der Waals surface area contributed by atoms with Gasteiger partial charge in [-0.15, -0.1) is 0 Å². The second kappa shape index (κ2) is 16.2. The second-order valence-corrected chi connectivity index (χ2v) is 10.5. The van der Waals surface area contributed by atoms with Gasteiger partial charge in [0.15, 0.2) is 0 Å². The lowest BCUT2D eigenvalue weighted by molar-refractivity contribution is -0.148. The Morgan fingerprint density at radius 3 is 2.02 bits per heavy atom. The Balaban J connectivity index is 1.15. The zero-order chi connectivity index (χ0) is 30.4. The monoisotopic (exact) mass is 581 g/mol. The number of carbonyl (C=O) groups excluding carboxylic acids is 4. The van der Waals surface area contributed by atoms with Crippen LogP contribution >= 0.6 is 0 Å². The number of amides is 2. The molecular formula is C36H39NO6. The highest BCUT2D eigenvalue weighted by atomic mass is 16.5. The molecule has 7 nitrogen and oxygen atoms in total. The number of fused-ring (bicyclic) bond motifs is 1. The SMILES string of the molecule is CCOC(=O)c1ccc(C/C=C/CCCCCCCOC(=O)[C@H](Cc2ccccc2)N2C(=O)c3ccccc3C2=O)cc1. The molecule has 0 radical (unpaired) electrons. The first-order valence-electron chi connectivity index (χ1n) is 15.1. The van der Waals surface area contributed by atoms with Gasteiger partial charge in [-0.2, -0.15) is 0 Å². The molecule has 4 rings (SSSR count). The number of carbonyl (C=O) groups is 4. The molecule has 0 aliphatic carbocycles. The molecule has 224 valence electrons. The van der Waals surface area contributed by atoms with Crippen molar-refractivity contribution in [3.8, 4) is 0 Å². The summed E-state index contributed by atoms with van der Waals surface area (Å²) < 4.78 is 10.6. The Morgan fingerprint density at radius 1 is 0.721 bits per heavy atom.